The van der Waals surface area contributed by atoms with E-state index in [1.807, 2.05) is 6.07 Å². The van der Waals surface area contributed by atoms with Crippen LogP contribution in [-0.4, -0.2) is 4.98 Å². The van der Waals surface area contributed by atoms with Crippen LogP contribution in [0.1, 0.15) is 16.7 Å². The van der Waals surface area contributed by atoms with E-state index >= 15 is 0 Å². The number of hydrogen-bond acceptors (Lipinski definition) is 2. The topological polar surface area (TPSA) is 39.6 Å². The highest BCUT2D eigenvalue weighted by molar-refractivity contribution is 7.71. The van der Waals surface area contributed by atoms with E-state index in [9.17, 15) is 0 Å². The first kappa shape index (κ1) is 11.6. The van der Waals surface area contributed by atoms with Crippen molar-refractivity contribution >= 4 is 12.2 Å². The van der Waals surface area contributed by atoms with Crippen LogP contribution in [-0.2, 0) is 0 Å². The van der Waals surface area contributed by atoms with Crippen LogP contribution in [0.25, 0.3) is 11.3 Å². The lowest BCUT2D eigenvalue weighted by molar-refractivity contribution is 1.26. The van der Waals surface area contributed by atoms with Crippen molar-refractivity contribution in [3.05, 3.63) is 51.7 Å². The molecule has 0 amide bonds. The summed E-state index contributed by atoms with van der Waals surface area (Å²) in [4.78, 5) is 3.08. The fourth-order valence-electron chi connectivity index (χ4n) is 1.64. The van der Waals surface area contributed by atoms with Crippen LogP contribution in [0, 0.1) is 29.8 Å². The number of pyridine rings is 1. The van der Waals surface area contributed by atoms with Gasteiger partial charge in [-0.15, -0.1) is 0 Å². The van der Waals surface area contributed by atoms with E-state index in [-0.39, 0.29) is 0 Å². The Hall–Kier alpha value is -1.92. The molecule has 0 saturated heterocycles. The number of nitriles is 1. The van der Waals surface area contributed by atoms with Gasteiger partial charge in [0.1, 0.15) is 10.7 Å². The van der Waals surface area contributed by atoms with E-state index in [4.69, 9.17) is 17.5 Å². The standard InChI is InChI=1S/C14H12N2S/c1-9-3-4-11(7-10(9)2)13-6-5-12(8-15)14(17)16-13/h3-7H,1-2H3,(H,16,17). The summed E-state index contributed by atoms with van der Waals surface area (Å²) in [5.74, 6) is 0. The molecule has 1 heterocycles. The van der Waals surface area contributed by atoms with Gasteiger partial charge in [0.2, 0.25) is 0 Å². The Morgan fingerprint density at radius 1 is 1.12 bits per heavy atom. The maximum atomic E-state index is 8.82. The summed E-state index contributed by atoms with van der Waals surface area (Å²) >= 11 is 5.12. The van der Waals surface area contributed by atoms with E-state index in [1.165, 1.54) is 11.1 Å². The van der Waals surface area contributed by atoms with Crippen LogP contribution < -0.4 is 0 Å². The van der Waals surface area contributed by atoms with Gasteiger partial charge in [-0.3, -0.25) is 0 Å². The quantitative estimate of drug-likeness (QED) is 0.768. The van der Waals surface area contributed by atoms with E-state index in [0.29, 0.717) is 10.2 Å². The molecule has 17 heavy (non-hydrogen) atoms. The fraction of sp³-hybridized carbons (Fsp3) is 0.143. The minimum Gasteiger partial charge on any atom is -0.345 e. The van der Waals surface area contributed by atoms with E-state index < -0.39 is 0 Å². The van der Waals surface area contributed by atoms with Crippen molar-refractivity contribution in [1.29, 1.82) is 5.26 Å². The van der Waals surface area contributed by atoms with Gasteiger partial charge in [0, 0.05) is 5.69 Å². The molecule has 2 aromatic rings. The monoisotopic (exact) mass is 240 g/mol. The fourth-order valence-corrected chi connectivity index (χ4v) is 1.86. The number of aromatic amines is 1. The van der Waals surface area contributed by atoms with Gasteiger partial charge in [0.05, 0.1) is 5.56 Å². The first-order chi connectivity index (χ1) is 8.11. The number of aryl methyl sites for hydroxylation is 2. The molecule has 1 aromatic heterocycles. The molecule has 1 N–H and O–H groups in total. The average Bonchev–Trinajstić information content (AvgIpc) is 2.32. The van der Waals surface area contributed by atoms with Gasteiger partial charge in [0.15, 0.2) is 0 Å². The molecule has 3 heteroatoms. The lowest BCUT2D eigenvalue weighted by Crippen LogP contribution is -1.89. The van der Waals surface area contributed by atoms with E-state index in [0.717, 1.165) is 11.3 Å². The van der Waals surface area contributed by atoms with Crippen molar-refractivity contribution in [3.63, 3.8) is 0 Å². The highest BCUT2D eigenvalue weighted by Crippen LogP contribution is 2.20. The summed E-state index contributed by atoms with van der Waals surface area (Å²) in [5, 5.41) is 8.82. The van der Waals surface area contributed by atoms with Crippen LogP contribution in [0.5, 0.6) is 0 Å². The Morgan fingerprint density at radius 3 is 2.47 bits per heavy atom. The number of aromatic nitrogens is 1. The SMILES string of the molecule is Cc1ccc(-c2ccc(C#N)c(=S)[nH]2)cc1C. The second-order valence-corrected chi connectivity index (χ2v) is 4.43. The summed E-state index contributed by atoms with van der Waals surface area (Å²) in [6.45, 7) is 4.16. The summed E-state index contributed by atoms with van der Waals surface area (Å²) in [7, 11) is 0. The van der Waals surface area contributed by atoms with Crippen LogP contribution in [0.2, 0.25) is 0 Å². The van der Waals surface area contributed by atoms with Gasteiger partial charge in [-0.25, -0.2) is 0 Å². The zero-order valence-corrected chi connectivity index (χ0v) is 10.6. The third-order valence-electron chi connectivity index (χ3n) is 2.85. The van der Waals surface area contributed by atoms with Gasteiger partial charge in [-0.05, 0) is 48.7 Å². The summed E-state index contributed by atoms with van der Waals surface area (Å²) in [6.07, 6.45) is 0. The zero-order chi connectivity index (χ0) is 12.4. The second-order valence-electron chi connectivity index (χ2n) is 4.03. The van der Waals surface area contributed by atoms with E-state index in [2.05, 4.69) is 43.1 Å². The molecule has 0 radical (unpaired) electrons. The van der Waals surface area contributed by atoms with Crippen molar-refractivity contribution in [2.24, 2.45) is 0 Å². The van der Waals surface area contributed by atoms with Gasteiger partial charge < -0.3 is 4.98 Å². The van der Waals surface area contributed by atoms with Crippen LogP contribution in [0.15, 0.2) is 30.3 Å². The molecule has 0 fully saturated rings. The molecule has 0 bridgehead atoms. The minimum atomic E-state index is 0.489. The zero-order valence-electron chi connectivity index (χ0n) is 9.74. The molecule has 0 saturated carbocycles. The van der Waals surface area contributed by atoms with Crippen molar-refractivity contribution in [2.75, 3.05) is 0 Å². The van der Waals surface area contributed by atoms with Crippen molar-refractivity contribution < 1.29 is 0 Å². The van der Waals surface area contributed by atoms with E-state index in [1.54, 1.807) is 6.07 Å². The Morgan fingerprint density at radius 2 is 1.88 bits per heavy atom. The molecule has 2 rings (SSSR count). The molecule has 84 valence electrons. The van der Waals surface area contributed by atoms with Crippen molar-refractivity contribution in [2.45, 2.75) is 13.8 Å². The number of hydrogen-bond donors (Lipinski definition) is 1. The van der Waals surface area contributed by atoms with Crippen LogP contribution >= 0.6 is 12.2 Å². The molecule has 0 atom stereocenters. The Labute approximate surface area is 106 Å². The smallest absolute Gasteiger partial charge is 0.121 e. The van der Waals surface area contributed by atoms with Gasteiger partial charge in [0.25, 0.3) is 0 Å². The first-order valence-corrected chi connectivity index (χ1v) is 5.73. The highest BCUT2D eigenvalue weighted by atomic mass is 32.1. The molecule has 0 spiro atoms. The maximum absolute atomic E-state index is 8.82. The van der Waals surface area contributed by atoms with Gasteiger partial charge >= 0.3 is 0 Å². The average molecular weight is 240 g/mol. The Bertz CT molecular complexity index is 663. The lowest BCUT2D eigenvalue weighted by atomic mass is 10.0. The van der Waals surface area contributed by atoms with Crippen molar-refractivity contribution in [1.82, 2.24) is 4.98 Å². The first-order valence-electron chi connectivity index (χ1n) is 5.33. The second kappa shape index (κ2) is 4.52. The maximum Gasteiger partial charge on any atom is 0.121 e. The number of nitrogens with one attached hydrogen (secondary N) is 1. The summed E-state index contributed by atoms with van der Waals surface area (Å²) in [6, 6.07) is 11.9. The number of benzene rings is 1. The summed E-state index contributed by atoms with van der Waals surface area (Å²) < 4.78 is 0.489. The number of rotatable bonds is 1. The molecular weight excluding hydrogens is 228 g/mol. The Balaban J connectivity index is 2.54. The molecule has 0 aliphatic carbocycles. The molecule has 0 aliphatic heterocycles. The molecule has 2 nitrogen and oxygen atoms in total. The third kappa shape index (κ3) is 2.27. The van der Waals surface area contributed by atoms with Crippen molar-refractivity contribution in [3.8, 4) is 17.3 Å². The number of H-pyrrole nitrogens is 1. The highest BCUT2D eigenvalue weighted by Gasteiger charge is 2.02. The lowest BCUT2D eigenvalue weighted by Gasteiger charge is -2.06. The summed E-state index contributed by atoms with van der Waals surface area (Å²) in [5.41, 5.74) is 5.04. The number of nitrogens with zero attached hydrogens (tertiary/aromatic N) is 1. The molecular formula is C14H12N2S. The minimum absolute atomic E-state index is 0.489. The molecule has 0 unspecified atom stereocenters. The van der Waals surface area contributed by atoms with Crippen LogP contribution in [0.3, 0.4) is 0 Å². The van der Waals surface area contributed by atoms with Crippen LogP contribution in [0.4, 0.5) is 0 Å². The predicted molar refractivity (Wildman–Crippen MR) is 71.3 cm³/mol. The molecule has 1 aromatic carbocycles. The Kier molecular flexibility index (Phi) is 3.08. The predicted octanol–water partition coefficient (Wildman–Crippen LogP) is 3.90. The normalized spacial score (nSPS) is 9.94. The largest absolute Gasteiger partial charge is 0.345 e. The van der Waals surface area contributed by atoms with Gasteiger partial charge in [-0.1, -0.05) is 24.4 Å². The van der Waals surface area contributed by atoms with Gasteiger partial charge in [-0.2, -0.15) is 5.26 Å². The third-order valence-corrected chi connectivity index (χ3v) is 3.17. The molecule has 0 aliphatic rings.